The van der Waals surface area contributed by atoms with Crippen LogP contribution in [0, 0.1) is 0 Å². The zero-order valence-corrected chi connectivity index (χ0v) is 12.8. The molecule has 0 atom stereocenters. The number of hydrazone groups is 1. The lowest BCUT2D eigenvalue weighted by molar-refractivity contribution is 1.32. The first-order valence-corrected chi connectivity index (χ1v) is 6.89. The molecule has 2 aromatic rings. The van der Waals surface area contributed by atoms with E-state index < -0.39 is 0 Å². The molecule has 0 saturated carbocycles. The quantitative estimate of drug-likeness (QED) is 0.624. The average Bonchev–Trinajstić information content (AvgIpc) is 2.45. The first-order chi connectivity index (χ1) is 9.60. The molecule has 0 unspecified atom stereocenters. The Kier molecular flexibility index (Phi) is 4.88. The summed E-state index contributed by atoms with van der Waals surface area (Å²) in [7, 11) is 1.87. The van der Waals surface area contributed by atoms with Gasteiger partial charge in [0, 0.05) is 28.3 Å². The predicted molar refractivity (Wildman–Crippen MR) is 88.3 cm³/mol. The van der Waals surface area contributed by atoms with Crippen LogP contribution in [0.15, 0.2) is 47.6 Å². The van der Waals surface area contributed by atoms with Crippen LogP contribution >= 0.6 is 23.2 Å². The lowest BCUT2D eigenvalue weighted by atomic mass is 10.1. The van der Waals surface area contributed by atoms with Crippen molar-refractivity contribution in [1.82, 2.24) is 0 Å². The molecule has 0 spiro atoms. The molecule has 0 heterocycles. The normalized spacial score (nSPS) is 11.3. The minimum absolute atomic E-state index is 0.668. The Morgan fingerprint density at radius 3 is 2.50 bits per heavy atom. The Labute approximate surface area is 128 Å². The van der Waals surface area contributed by atoms with Crippen LogP contribution in [-0.4, -0.2) is 12.8 Å². The zero-order valence-electron chi connectivity index (χ0n) is 11.2. The summed E-state index contributed by atoms with van der Waals surface area (Å²) in [5.74, 6) is 0. The highest BCUT2D eigenvalue weighted by atomic mass is 35.5. The number of hydrogen-bond donors (Lipinski definition) is 2. The predicted octanol–water partition coefficient (Wildman–Crippen LogP) is 4.87. The monoisotopic (exact) mass is 307 g/mol. The maximum atomic E-state index is 6.04. The summed E-state index contributed by atoms with van der Waals surface area (Å²) in [6, 6.07) is 13.1. The van der Waals surface area contributed by atoms with Gasteiger partial charge in [0.05, 0.1) is 11.4 Å². The van der Waals surface area contributed by atoms with Crippen molar-refractivity contribution < 1.29 is 0 Å². The molecule has 5 heteroatoms. The SMILES string of the molecule is CNc1ccc(Cl)cc1/C(C)=N/Nc1cccc(Cl)c1. The fourth-order valence-corrected chi connectivity index (χ4v) is 2.16. The first kappa shape index (κ1) is 14.7. The Bertz CT molecular complexity index is 639. The minimum Gasteiger partial charge on any atom is -0.388 e. The Hall–Kier alpha value is -1.71. The molecule has 0 saturated heterocycles. The smallest absolute Gasteiger partial charge is 0.0669 e. The molecular formula is C15H15Cl2N3. The van der Waals surface area contributed by atoms with E-state index in [0.29, 0.717) is 10.0 Å². The third-order valence-corrected chi connectivity index (χ3v) is 3.29. The van der Waals surface area contributed by atoms with Crippen molar-refractivity contribution in [2.75, 3.05) is 17.8 Å². The molecule has 0 aliphatic heterocycles. The van der Waals surface area contributed by atoms with Crippen LogP contribution in [-0.2, 0) is 0 Å². The molecule has 0 bridgehead atoms. The third-order valence-electron chi connectivity index (χ3n) is 2.82. The molecule has 2 aromatic carbocycles. The van der Waals surface area contributed by atoms with Gasteiger partial charge in [-0.1, -0.05) is 29.3 Å². The van der Waals surface area contributed by atoms with Gasteiger partial charge in [-0.25, -0.2) is 0 Å². The number of halogens is 2. The number of rotatable bonds is 4. The maximum absolute atomic E-state index is 6.04. The molecule has 0 aromatic heterocycles. The van der Waals surface area contributed by atoms with Crippen LogP contribution in [0.2, 0.25) is 10.0 Å². The molecule has 0 amide bonds. The van der Waals surface area contributed by atoms with Crippen LogP contribution in [0.4, 0.5) is 11.4 Å². The van der Waals surface area contributed by atoms with Crippen molar-refractivity contribution in [3.8, 4) is 0 Å². The highest BCUT2D eigenvalue weighted by Gasteiger charge is 2.05. The second-order valence-corrected chi connectivity index (χ2v) is 5.13. The molecule has 2 rings (SSSR count). The highest BCUT2D eigenvalue weighted by molar-refractivity contribution is 6.31. The van der Waals surface area contributed by atoms with Gasteiger partial charge in [-0.3, -0.25) is 5.43 Å². The number of nitrogens with zero attached hydrogens (tertiary/aromatic N) is 1. The summed E-state index contributed by atoms with van der Waals surface area (Å²) in [5, 5.41) is 8.83. The number of anilines is 2. The van der Waals surface area contributed by atoms with E-state index in [0.717, 1.165) is 22.6 Å². The second kappa shape index (κ2) is 6.64. The molecular weight excluding hydrogens is 293 g/mol. The van der Waals surface area contributed by atoms with Gasteiger partial charge in [0.1, 0.15) is 0 Å². The average molecular weight is 308 g/mol. The fourth-order valence-electron chi connectivity index (χ4n) is 1.80. The van der Waals surface area contributed by atoms with Crippen LogP contribution in [0.3, 0.4) is 0 Å². The van der Waals surface area contributed by atoms with Crippen LogP contribution in [0.25, 0.3) is 0 Å². The largest absolute Gasteiger partial charge is 0.388 e. The standard InChI is InChI=1S/C15H15Cl2N3/c1-10(14-9-12(17)6-7-15(14)18-2)19-20-13-5-3-4-11(16)8-13/h3-9,18,20H,1-2H3/b19-10+. The summed E-state index contributed by atoms with van der Waals surface area (Å²) < 4.78 is 0. The van der Waals surface area contributed by atoms with Gasteiger partial charge in [-0.2, -0.15) is 5.10 Å². The van der Waals surface area contributed by atoms with E-state index >= 15 is 0 Å². The van der Waals surface area contributed by atoms with Crippen molar-refractivity contribution in [3.63, 3.8) is 0 Å². The van der Waals surface area contributed by atoms with Gasteiger partial charge in [-0.05, 0) is 43.3 Å². The summed E-state index contributed by atoms with van der Waals surface area (Å²) in [6.45, 7) is 1.92. The van der Waals surface area contributed by atoms with Crippen LogP contribution in [0.5, 0.6) is 0 Å². The Balaban J connectivity index is 2.24. The third kappa shape index (κ3) is 3.65. The molecule has 104 valence electrons. The Morgan fingerprint density at radius 2 is 1.80 bits per heavy atom. The first-order valence-electron chi connectivity index (χ1n) is 6.13. The molecule has 3 nitrogen and oxygen atoms in total. The summed E-state index contributed by atoms with van der Waals surface area (Å²) in [6.07, 6.45) is 0. The van der Waals surface area contributed by atoms with Crippen molar-refractivity contribution in [2.24, 2.45) is 5.10 Å². The molecule has 0 aliphatic rings. The van der Waals surface area contributed by atoms with Crippen molar-refractivity contribution in [2.45, 2.75) is 6.92 Å². The lowest BCUT2D eigenvalue weighted by Gasteiger charge is -2.10. The maximum Gasteiger partial charge on any atom is 0.0669 e. The fraction of sp³-hybridized carbons (Fsp3) is 0.133. The van der Waals surface area contributed by atoms with Gasteiger partial charge in [-0.15, -0.1) is 0 Å². The van der Waals surface area contributed by atoms with Crippen LogP contribution < -0.4 is 10.7 Å². The lowest BCUT2D eigenvalue weighted by Crippen LogP contribution is -2.04. The topological polar surface area (TPSA) is 36.4 Å². The van der Waals surface area contributed by atoms with E-state index in [-0.39, 0.29) is 0 Å². The van der Waals surface area contributed by atoms with Gasteiger partial charge in [0.25, 0.3) is 0 Å². The zero-order chi connectivity index (χ0) is 14.5. The van der Waals surface area contributed by atoms with Crippen molar-refractivity contribution in [1.29, 1.82) is 0 Å². The van der Waals surface area contributed by atoms with Crippen molar-refractivity contribution >= 4 is 40.3 Å². The minimum atomic E-state index is 0.668. The van der Waals surface area contributed by atoms with Crippen LogP contribution in [0.1, 0.15) is 12.5 Å². The van der Waals surface area contributed by atoms with E-state index in [4.69, 9.17) is 23.2 Å². The summed E-state index contributed by atoms with van der Waals surface area (Å²) in [4.78, 5) is 0. The summed E-state index contributed by atoms with van der Waals surface area (Å²) >= 11 is 12.0. The molecule has 0 aliphatic carbocycles. The Morgan fingerprint density at radius 1 is 1.05 bits per heavy atom. The molecule has 0 fully saturated rings. The van der Waals surface area contributed by atoms with Crippen molar-refractivity contribution in [3.05, 3.63) is 58.1 Å². The van der Waals surface area contributed by atoms with E-state index in [1.807, 2.05) is 56.4 Å². The van der Waals surface area contributed by atoms with Gasteiger partial charge in [0.2, 0.25) is 0 Å². The van der Waals surface area contributed by atoms with E-state index in [1.165, 1.54) is 0 Å². The van der Waals surface area contributed by atoms with Gasteiger partial charge in [0.15, 0.2) is 0 Å². The highest BCUT2D eigenvalue weighted by Crippen LogP contribution is 2.21. The number of benzene rings is 2. The molecule has 0 radical (unpaired) electrons. The summed E-state index contributed by atoms with van der Waals surface area (Å²) in [5.41, 5.74) is 6.58. The molecule has 2 N–H and O–H groups in total. The number of hydrogen-bond acceptors (Lipinski definition) is 3. The van der Waals surface area contributed by atoms with E-state index in [2.05, 4.69) is 15.8 Å². The van der Waals surface area contributed by atoms with Gasteiger partial charge < -0.3 is 5.32 Å². The second-order valence-electron chi connectivity index (χ2n) is 4.26. The van der Waals surface area contributed by atoms with Gasteiger partial charge >= 0.3 is 0 Å². The molecule has 20 heavy (non-hydrogen) atoms. The van der Waals surface area contributed by atoms with E-state index in [1.54, 1.807) is 0 Å². The van der Waals surface area contributed by atoms with E-state index in [9.17, 15) is 0 Å². The number of nitrogens with one attached hydrogen (secondary N) is 2.